The van der Waals surface area contributed by atoms with E-state index in [2.05, 4.69) is 59.1 Å². The molecule has 0 atom stereocenters. The highest BCUT2D eigenvalue weighted by Gasteiger charge is 2.04. The predicted octanol–water partition coefficient (Wildman–Crippen LogP) is 3.36. The van der Waals surface area contributed by atoms with Gasteiger partial charge in [-0.15, -0.1) is 0 Å². The van der Waals surface area contributed by atoms with Crippen molar-refractivity contribution in [3.8, 4) is 0 Å². The summed E-state index contributed by atoms with van der Waals surface area (Å²) < 4.78 is 2.29. The predicted molar refractivity (Wildman–Crippen MR) is 74.6 cm³/mol. The van der Waals surface area contributed by atoms with Crippen LogP contribution >= 0.6 is 0 Å². The molecule has 0 fully saturated rings. The van der Waals surface area contributed by atoms with Crippen LogP contribution in [0.5, 0.6) is 0 Å². The number of nitrogens with zero attached hydrogens (tertiary/aromatic N) is 2. The smallest absolute Gasteiger partial charge is 0.0479 e. The number of fused-ring (bicyclic) bond motifs is 1. The maximum absolute atomic E-state index is 4.05. The Morgan fingerprint density at radius 3 is 2.56 bits per heavy atom. The van der Waals surface area contributed by atoms with Crippen LogP contribution in [-0.4, -0.2) is 9.55 Å². The van der Waals surface area contributed by atoms with E-state index in [1.165, 1.54) is 22.2 Å². The number of aryl methyl sites for hydroxylation is 3. The van der Waals surface area contributed by atoms with E-state index in [4.69, 9.17) is 0 Å². The summed E-state index contributed by atoms with van der Waals surface area (Å²) in [4.78, 5) is 4.05. The fourth-order valence-electron chi connectivity index (χ4n) is 2.41. The lowest BCUT2D eigenvalue weighted by molar-refractivity contribution is 0.819. The minimum atomic E-state index is 1.06. The Hall–Kier alpha value is -2.09. The van der Waals surface area contributed by atoms with Crippen molar-refractivity contribution in [2.75, 3.05) is 0 Å². The Morgan fingerprint density at radius 1 is 1.00 bits per heavy atom. The van der Waals surface area contributed by atoms with Crippen molar-refractivity contribution in [3.05, 3.63) is 66.1 Å². The zero-order chi connectivity index (χ0) is 12.4. The van der Waals surface area contributed by atoms with Crippen molar-refractivity contribution >= 4 is 10.9 Å². The van der Waals surface area contributed by atoms with E-state index in [0.717, 1.165) is 12.8 Å². The Labute approximate surface area is 107 Å². The molecule has 0 spiro atoms. The summed E-state index contributed by atoms with van der Waals surface area (Å²) in [6.07, 6.45) is 5.84. The van der Waals surface area contributed by atoms with Crippen LogP contribution in [0.3, 0.4) is 0 Å². The van der Waals surface area contributed by atoms with Gasteiger partial charge in [0.2, 0.25) is 0 Å². The van der Waals surface area contributed by atoms with Crippen molar-refractivity contribution in [1.82, 2.24) is 9.55 Å². The molecule has 3 aromatic rings. The molecule has 0 bridgehead atoms. The molecule has 0 radical (unpaired) electrons. The third-order valence-electron chi connectivity index (χ3n) is 3.47. The van der Waals surface area contributed by atoms with Gasteiger partial charge in [-0.2, -0.15) is 0 Å². The summed E-state index contributed by atoms with van der Waals surface area (Å²) in [5.74, 6) is 0. The molecule has 18 heavy (non-hydrogen) atoms. The molecule has 0 aliphatic rings. The maximum Gasteiger partial charge on any atom is 0.0479 e. The van der Waals surface area contributed by atoms with Gasteiger partial charge in [0.15, 0.2) is 0 Å². The van der Waals surface area contributed by atoms with Gasteiger partial charge in [0.1, 0.15) is 0 Å². The Kier molecular flexibility index (Phi) is 2.85. The number of hydrogen-bond acceptors (Lipinski definition) is 1. The van der Waals surface area contributed by atoms with Crippen LogP contribution < -0.4 is 0 Å². The van der Waals surface area contributed by atoms with Crippen LogP contribution in [-0.2, 0) is 19.9 Å². The van der Waals surface area contributed by atoms with Crippen molar-refractivity contribution in [1.29, 1.82) is 0 Å². The fourth-order valence-corrected chi connectivity index (χ4v) is 2.41. The first-order valence-corrected chi connectivity index (χ1v) is 6.27. The molecular formula is C16H16N2. The third kappa shape index (κ3) is 2.02. The summed E-state index contributed by atoms with van der Waals surface area (Å²) >= 11 is 0. The fraction of sp³-hybridized carbons (Fsp3) is 0.188. The average molecular weight is 236 g/mol. The highest BCUT2D eigenvalue weighted by molar-refractivity contribution is 5.81. The molecule has 2 heteroatoms. The van der Waals surface area contributed by atoms with Crippen LogP contribution in [0.15, 0.2) is 54.9 Å². The van der Waals surface area contributed by atoms with E-state index in [-0.39, 0.29) is 0 Å². The van der Waals surface area contributed by atoms with E-state index >= 15 is 0 Å². The number of rotatable bonds is 3. The second-order valence-corrected chi connectivity index (χ2v) is 4.61. The molecule has 2 aromatic heterocycles. The van der Waals surface area contributed by atoms with E-state index in [1.54, 1.807) is 0 Å². The lowest BCUT2D eigenvalue weighted by atomic mass is 10.1. The number of aromatic nitrogens is 2. The minimum Gasteiger partial charge on any atom is -0.348 e. The standard InChI is InChI=1S/C16H16N2/c1-18-15(7-6-13-8-10-17-11-9-13)12-14-4-2-3-5-16(14)18/h2-5,8-12H,6-7H2,1H3. The molecular weight excluding hydrogens is 220 g/mol. The molecule has 0 aliphatic carbocycles. The zero-order valence-electron chi connectivity index (χ0n) is 10.5. The van der Waals surface area contributed by atoms with Crippen molar-refractivity contribution in [2.24, 2.45) is 7.05 Å². The van der Waals surface area contributed by atoms with Gasteiger partial charge in [-0.05, 0) is 48.1 Å². The molecule has 0 unspecified atom stereocenters. The minimum absolute atomic E-state index is 1.06. The first-order valence-electron chi connectivity index (χ1n) is 6.27. The van der Waals surface area contributed by atoms with Crippen molar-refractivity contribution in [2.45, 2.75) is 12.8 Å². The first-order chi connectivity index (χ1) is 8.84. The average Bonchev–Trinajstić information content (AvgIpc) is 2.75. The van der Waals surface area contributed by atoms with Crippen LogP contribution in [0.1, 0.15) is 11.3 Å². The van der Waals surface area contributed by atoms with Gasteiger partial charge in [-0.3, -0.25) is 4.98 Å². The lowest BCUT2D eigenvalue weighted by Crippen LogP contribution is -1.98. The van der Waals surface area contributed by atoms with Crippen LogP contribution in [0.4, 0.5) is 0 Å². The Bertz CT molecular complexity index is 653. The number of hydrogen-bond donors (Lipinski definition) is 0. The van der Waals surface area contributed by atoms with E-state index in [0.29, 0.717) is 0 Å². The number of benzene rings is 1. The quantitative estimate of drug-likeness (QED) is 0.682. The maximum atomic E-state index is 4.05. The van der Waals surface area contributed by atoms with Gasteiger partial charge in [0.05, 0.1) is 0 Å². The SMILES string of the molecule is Cn1c(CCc2ccncc2)cc2ccccc21. The highest BCUT2D eigenvalue weighted by Crippen LogP contribution is 2.19. The lowest BCUT2D eigenvalue weighted by Gasteiger charge is -2.04. The van der Waals surface area contributed by atoms with E-state index < -0.39 is 0 Å². The van der Waals surface area contributed by atoms with Crippen molar-refractivity contribution in [3.63, 3.8) is 0 Å². The molecule has 1 aromatic carbocycles. The molecule has 0 saturated carbocycles. The molecule has 2 heterocycles. The summed E-state index contributed by atoms with van der Waals surface area (Å²) in [5, 5.41) is 1.32. The van der Waals surface area contributed by atoms with Gasteiger partial charge in [-0.25, -0.2) is 0 Å². The second-order valence-electron chi connectivity index (χ2n) is 4.61. The zero-order valence-corrected chi connectivity index (χ0v) is 10.5. The van der Waals surface area contributed by atoms with Crippen LogP contribution in [0.25, 0.3) is 10.9 Å². The summed E-state index contributed by atoms with van der Waals surface area (Å²) in [5.41, 5.74) is 4.03. The Morgan fingerprint density at radius 2 is 1.78 bits per heavy atom. The second kappa shape index (κ2) is 4.65. The van der Waals surface area contributed by atoms with Crippen LogP contribution in [0, 0.1) is 0 Å². The third-order valence-corrected chi connectivity index (χ3v) is 3.47. The first kappa shape index (κ1) is 11.0. The number of para-hydroxylation sites is 1. The molecule has 0 amide bonds. The van der Waals surface area contributed by atoms with Gasteiger partial charge in [0, 0.05) is 30.7 Å². The monoisotopic (exact) mass is 236 g/mol. The number of pyridine rings is 1. The van der Waals surface area contributed by atoms with Gasteiger partial charge in [0.25, 0.3) is 0 Å². The molecule has 2 nitrogen and oxygen atoms in total. The molecule has 3 rings (SSSR count). The normalized spacial score (nSPS) is 10.9. The molecule has 90 valence electrons. The van der Waals surface area contributed by atoms with E-state index in [1.807, 2.05) is 12.4 Å². The summed E-state index contributed by atoms with van der Waals surface area (Å²) in [7, 11) is 2.14. The molecule has 0 saturated heterocycles. The summed E-state index contributed by atoms with van der Waals surface area (Å²) in [6.45, 7) is 0. The van der Waals surface area contributed by atoms with Gasteiger partial charge >= 0.3 is 0 Å². The topological polar surface area (TPSA) is 17.8 Å². The van der Waals surface area contributed by atoms with Gasteiger partial charge in [-0.1, -0.05) is 18.2 Å². The Balaban J connectivity index is 1.85. The molecule has 0 aliphatic heterocycles. The largest absolute Gasteiger partial charge is 0.348 e. The van der Waals surface area contributed by atoms with E-state index in [9.17, 15) is 0 Å². The van der Waals surface area contributed by atoms with Gasteiger partial charge < -0.3 is 4.57 Å². The molecule has 0 N–H and O–H groups in total. The summed E-state index contributed by atoms with van der Waals surface area (Å²) in [6, 6.07) is 15.0. The highest BCUT2D eigenvalue weighted by atomic mass is 14.9. The van der Waals surface area contributed by atoms with Crippen molar-refractivity contribution < 1.29 is 0 Å². The van der Waals surface area contributed by atoms with Crippen LogP contribution in [0.2, 0.25) is 0 Å².